The molecule has 3 N–H and O–H groups in total. The molecule has 0 aliphatic carbocycles. The molecule has 2 aromatic rings. The number of thioether (sulfide) groups is 1. The second-order valence-corrected chi connectivity index (χ2v) is 5.28. The van der Waals surface area contributed by atoms with Gasteiger partial charge in [0.05, 0.1) is 0 Å². The van der Waals surface area contributed by atoms with Crippen molar-refractivity contribution in [3.05, 3.63) is 66.7 Å². The number of hydrogen-bond acceptors (Lipinski definition) is 4. The van der Waals surface area contributed by atoms with Gasteiger partial charge in [0.1, 0.15) is 11.5 Å². The molecule has 0 bridgehead atoms. The maximum absolute atomic E-state index is 8.60. The van der Waals surface area contributed by atoms with Crippen LogP contribution in [0.15, 0.2) is 71.2 Å². The summed E-state index contributed by atoms with van der Waals surface area (Å²) in [7, 11) is 0. The Hall–Kier alpha value is -2.40. The summed E-state index contributed by atoms with van der Waals surface area (Å²) >= 11 is 1.72. The summed E-state index contributed by atoms with van der Waals surface area (Å²) in [4.78, 5) is 1.17. The number of nitrogens with two attached hydrogens (primary N) is 1. The average Bonchev–Trinajstić information content (AvgIpc) is 2.54. The summed E-state index contributed by atoms with van der Waals surface area (Å²) in [6, 6.07) is 14.9. The number of amidine groups is 1. The molecule has 0 heterocycles. The Morgan fingerprint density at radius 1 is 1.14 bits per heavy atom. The minimum Gasteiger partial charge on any atom is -0.457 e. The van der Waals surface area contributed by atoms with E-state index in [1.165, 1.54) is 4.90 Å². The number of rotatable bonds is 6. The van der Waals surface area contributed by atoms with Crippen molar-refractivity contribution in [2.24, 2.45) is 10.9 Å². The van der Waals surface area contributed by atoms with Crippen molar-refractivity contribution in [1.29, 1.82) is 0 Å². The second kappa shape index (κ2) is 7.40. The van der Waals surface area contributed by atoms with Gasteiger partial charge in [-0.05, 0) is 48.5 Å². The van der Waals surface area contributed by atoms with Crippen LogP contribution in [0.25, 0.3) is 0 Å². The van der Waals surface area contributed by atoms with E-state index in [0.29, 0.717) is 11.3 Å². The van der Waals surface area contributed by atoms with Crippen LogP contribution in [-0.2, 0) is 0 Å². The summed E-state index contributed by atoms with van der Waals surface area (Å²) in [6.45, 7) is 3.70. The fourth-order valence-electron chi connectivity index (χ4n) is 1.65. The number of benzene rings is 2. The highest BCUT2D eigenvalue weighted by molar-refractivity contribution is 7.99. The molecule has 0 atom stereocenters. The largest absolute Gasteiger partial charge is 0.457 e. The molecule has 4 nitrogen and oxygen atoms in total. The third-order valence-electron chi connectivity index (χ3n) is 2.69. The molecule has 0 aliphatic heterocycles. The summed E-state index contributed by atoms with van der Waals surface area (Å²) in [5, 5.41) is 11.6. The fourth-order valence-corrected chi connectivity index (χ4v) is 2.29. The molecule has 0 unspecified atom stereocenters. The van der Waals surface area contributed by atoms with Gasteiger partial charge in [-0.3, -0.25) is 0 Å². The summed E-state index contributed by atoms with van der Waals surface area (Å²) in [6.07, 6.45) is 1.87. The van der Waals surface area contributed by atoms with Crippen LogP contribution in [0.2, 0.25) is 0 Å². The van der Waals surface area contributed by atoms with Crippen LogP contribution in [-0.4, -0.2) is 16.8 Å². The number of oxime groups is 1. The molecule has 0 radical (unpaired) electrons. The van der Waals surface area contributed by atoms with Gasteiger partial charge < -0.3 is 15.7 Å². The van der Waals surface area contributed by atoms with E-state index in [0.717, 1.165) is 11.5 Å². The summed E-state index contributed by atoms with van der Waals surface area (Å²) < 4.78 is 5.73. The van der Waals surface area contributed by atoms with Gasteiger partial charge in [0, 0.05) is 16.2 Å². The normalized spacial score (nSPS) is 11.1. The monoisotopic (exact) mass is 300 g/mol. The molecule has 0 amide bonds. The van der Waals surface area contributed by atoms with Gasteiger partial charge in [-0.15, -0.1) is 18.3 Å². The number of ether oxygens (including phenoxy) is 1. The summed E-state index contributed by atoms with van der Waals surface area (Å²) in [5.74, 6) is 2.41. The molecule has 5 heteroatoms. The first-order chi connectivity index (χ1) is 10.2. The smallest absolute Gasteiger partial charge is 0.170 e. The van der Waals surface area contributed by atoms with Gasteiger partial charge in [-0.2, -0.15) is 0 Å². The van der Waals surface area contributed by atoms with Crippen LogP contribution in [0, 0.1) is 0 Å². The lowest BCUT2D eigenvalue weighted by Crippen LogP contribution is -2.12. The number of nitrogens with zero attached hydrogens (tertiary/aromatic N) is 1. The lowest BCUT2D eigenvalue weighted by atomic mass is 10.2. The Kier molecular flexibility index (Phi) is 5.29. The highest BCUT2D eigenvalue weighted by atomic mass is 32.2. The standard InChI is InChI=1S/C16H16N2O2S/c1-2-11-21-15-9-7-14(8-10-15)20-13-5-3-12(4-6-13)16(17)18-19/h2-10,19H,1,11H2,(H2,17,18). The van der Waals surface area contributed by atoms with Gasteiger partial charge in [0.2, 0.25) is 0 Å². The van der Waals surface area contributed by atoms with Crippen LogP contribution in [0.4, 0.5) is 0 Å². The molecule has 108 valence electrons. The zero-order valence-electron chi connectivity index (χ0n) is 11.4. The second-order valence-electron chi connectivity index (χ2n) is 4.18. The van der Waals surface area contributed by atoms with E-state index in [2.05, 4.69) is 11.7 Å². The predicted octanol–water partition coefficient (Wildman–Crippen LogP) is 3.85. The van der Waals surface area contributed by atoms with Crippen molar-refractivity contribution >= 4 is 17.6 Å². The topological polar surface area (TPSA) is 67.8 Å². The van der Waals surface area contributed by atoms with Crippen molar-refractivity contribution in [1.82, 2.24) is 0 Å². The van der Waals surface area contributed by atoms with Crippen LogP contribution in [0.5, 0.6) is 11.5 Å². The van der Waals surface area contributed by atoms with E-state index < -0.39 is 0 Å². The van der Waals surface area contributed by atoms with E-state index in [9.17, 15) is 0 Å². The van der Waals surface area contributed by atoms with Gasteiger partial charge in [0.15, 0.2) is 5.84 Å². The minimum atomic E-state index is 0.0742. The molecule has 2 rings (SSSR count). The van der Waals surface area contributed by atoms with Crippen LogP contribution in [0.3, 0.4) is 0 Å². The maximum Gasteiger partial charge on any atom is 0.170 e. The highest BCUT2D eigenvalue weighted by Gasteiger charge is 2.01. The molecule has 0 aliphatic rings. The lowest BCUT2D eigenvalue weighted by Gasteiger charge is -2.07. The Labute approximate surface area is 127 Å². The summed E-state index contributed by atoms with van der Waals surface area (Å²) in [5.41, 5.74) is 6.14. The Morgan fingerprint density at radius 3 is 2.24 bits per heavy atom. The van der Waals surface area contributed by atoms with Crippen molar-refractivity contribution in [3.63, 3.8) is 0 Å². The molecule has 0 aromatic heterocycles. The van der Waals surface area contributed by atoms with Crippen molar-refractivity contribution < 1.29 is 9.94 Å². The minimum absolute atomic E-state index is 0.0742. The SMILES string of the molecule is C=CCSc1ccc(Oc2ccc(C(N)=NO)cc2)cc1. The first kappa shape index (κ1) is 15.0. The zero-order chi connectivity index (χ0) is 15.1. The van der Waals surface area contributed by atoms with E-state index in [4.69, 9.17) is 15.7 Å². The lowest BCUT2D eigenvalue weighted by molar-refractivity contribution is 0.318. The first-order valence-corrected chi connectivity index (χ1v) is 7.31. The van der Waals surface area contributed by atoms with E-state index in [1.807, 2.05) is 30.3 Å². The van der Waals surface area contributed by atoms with Crippen molar-refractivity contribution in [3.8, 4) is 11.5 Å². The maximum atomic E-state index is 8.60. The molecule has 0 fully saturated rings. The van der Waals surface area contributed by atoms with Gasteiger partial charge in [-0.1, -0.05) is 11.2 Å². The zero-order valence-corrected chi connectivity index (χ0v) is 12.2. The molecule has 0 saturated heterocycles. The molecular formula is C16H16N2O2S. The third kappa shape index (κ3) is 4.29. The highest BCUT2D eigenvalue weighted by Crippen LogP contribution is 2.25. The van der Waals surface area contributed by atoms with Crippen molar-refractivity contribution in [2.75, 3.05) is 5.75 Å². The van der Waals surface area contributed by atoms with Gasteiger partial charge >= 0.3 is 0 Å². The Bertz CT molecular complexity index is 622. The van der Waals surface area contributed by atoms with Gasteiger partial charge in [0.25, 0.3) is 0 Å². The van der Waals surface area contributed by atoms with Crippen LogP contribution < -0.4 is 10.5 Å². The molecule has 0 spiro atoms. The van der Waals surface area contributed by atoms with E-state index in [-0.39, 0.29) is 5.84 Å². The average molecular weight is 300 g/mol. The van der Waals surface area contributed by atoms with Crippen molar-refractivity contribution in [2.45, 2.75) is 4.90 Å². The molecular weight excluding hydrogens is 284 g/mol. The molecule has 2 aromatic carbocycles. The quantitative estimate of drug-likeness (QED) is 0.212. The molecule has 21 heavy (non-hydrogen) atoms. The van der Waals surface area contributed by atoms with E-state index >= 15 is 0 Å². The molecule has 0 saturated carbocycles. The van der Waals surface area contributed by atoms with Crippen LogP contribution in [0.1, 0.15) is 5.56 Å². The van der Waals surface area contributed by atoms with E-state index in [1.54, 1.807) is 36.0 Å². The van der Waals surface area contributed by atoms with Gasteiger partial charge in [-0.25, -0.2) is 0 Å². The van der Waals surface area contributed by atoms with Crippen LogP contribution >= 0.6 is 11.8 Å². The Morgan fingerprint density at radius 2 is 1.71 bits per heavy atom. The Balaban J connectivity index is 2.02. The third-order valence-corrected chi connectivity index (χ3v) is 3.69. The first-order valence-electron chi connectivity index (χ1n) is 6.32. The number of hydrogen-bond donors (Lipinski definition) is 2. The fraction of sp³-hybridized carbons (Fsp3) is 0.0625. The predicted molar refractivity (Wildman–Crippen MR) is 86.4 cm³/mol.